The van der Waals surface area contributed by atoms with Gasteiger partial charge in [-0.15, -0.1) is 0 Å². The molecule has 0 heterocycles. The lowest BCUT2D eigenvalue weighted by atomic mass is 10.3. The number of carbonyl (C=O) groups is 4. The maximum Gasteiger partial charge on any atom is 0.329 e. The Morgan fingerprint density at radius 3 is 1.04 bits per heavy atom. The summed E-state index contributed by atoms with van der Waals surface area (Å²) in [5.74, 6) is -2.80. The number of ether oxygens (including phenoxy) is 11. The van der Waals surface area contributed by atoms with Crippen LogP contribution >= 0.6 is 0 Å². The molecule has 19 heteroatoms. The maximum atomic E-state index is 11.4. The van der Waals surface area contributed by atoms with E-state index in [4.69, 9.17) is 57.6 Å². The lowest BCUT2D eigenvalue weighted by Gasteiger charge is -2.09. The molecule has 0 aromatic carbocycles. The summed E-state index contributed by atoms with van der Waals surface area (Å²) in [6, 6.07) is 0. The van der Waals surface area contributed by atoms with Gasteiger partial charge in [-0.3, -0.25) is 14.4 Å². The average Bonchev–Trinajstić information content (AvgIpc) is 3.08. The number of aliphatic carboxylic acids is 2. The highest BCUT2D eigenvalue weighted by Gasteiger charge is 2.05. The van der Waals surface area contributed by atoms with Gasteiger partial charge in [0.25, 0.3) is 0 Å². The second-order valence-electron chi connectivity index (χ2n) is 9.96. The van der Waals surface area contributed by atoms with Crippen LogP contribution in [-0.2, 0) is 71.3 Å². The van der Waals surface area contributed by atoms with Gasteiger partial charge in [0.05, 0.1) is 132 Å². The smallest absolute Gasteiger partial charge is 0.329 e. The molecule has 50 heavy (non-hydrogen) atoms. The van der Waals surface area contributed by atoms with Gasteiger partial charge >= 0.3 is 11.9 Å². The van der Waals surface area contributed by atoms with Crippen molar-refractivity contribution in [3.63, 3.8) is 0 Å². The van der Waals surface area contributed by atoms with Crippen molar-refractivity contribution in [3.8, 4) is 0 Å². The van der Waals surface area contributed by atoms with Crippen LogP contribution in [0.3, 0.4) is 0 Å². The van der Waals surface area contributed by atoms with E-state index in [1.807, 2.05) is 0 Å². The molecule has 0 fully saturated rings. The first-order valence-electron chi connectivity index (χ1n) is 16.7. The van der Waals surface area contributed by atoms with E-state index in [0.717, 1.165) is 0 Å². The van der Waals surface area contributed by atoms with Gasteiger partial charge < -0.3 is 73.0 Å². The summed E-state index contributed by atoms with van der Waals surface area (Å²) in [7, 11) is 0. The van der Waals surface area contributed by atoms with E-state index in [1.54, 1.807) is 0 Å². The number of carboxylic acids is 2. The van der Waals surface area contributed by atoms with Gasteiger partial charge in [0.1, 0.15) is 13.2 Å². The van der Waals surface area contributed by atoms with Crippen LogP contribution in [0.1, 0.15) is 19.3 Å². The van der Waals surface area contributed by atoms with Gasteiger partial charge in [-0.2, -0.15) is 0 Å². The summed E-state index contributed by atoms with van der Waals surface area (Å²) in [5.41, 5.74) is 0. The molecule has 0 aliphatic rings. The number of amides is 2. The van der Waals surface area contributed by atoms with Crippen LogP contribution in [-0.4, -0.2) is 192 Å². The van der Waals surface area contributed by atoms with Crippen LogP contribution in [0, 0.1) is 0 Å². The Bertz CT molecular complexity index is 809. The van der Waals surface area contributed by atoms with Gasteiger partial charge in [0.15, 0.2) is 0 Å². The van der Waals surface area contributed by atoms with Crippen LogP contribution < -0.4 is 10.6 Å². The first kappa shape index (κ1) is 47.4. The highest BCUT2D eigenvalue weighted by Crippen LogP contribution is 1.90. The molecule has 294 valence electrons. The zero-order chi connectivity index (χ0) is 36.6. The molecule has 0 aromatic rings. The normalized spacial score (nSPS) is 11.1. The van der Waals surface area contributed by atoms with Gasteiger partial charge in [-0.1, -0.05) is 0 Å². The topological polar surface area (TPSA) is 234 Å². The summed E-state index contributed by atoms with van der Waals surface area (Å²) < 4.78 is 58.8. The van der Waals surface area contributed by atoms with Crippen LogP contribution in [0.4, 0.5) is 0 Å². The Kier molecular flexibility index (Phi) is 37.2. The quantitative estimate of drug-likeness (QED) is 0.0538. The van der Waals surface area contributed by atoms with Crippen LogP contribution in [0.5, 0.6) is 0 Å². The standard InChI is InChI=1S/C31H58N2O17/c34-28(2-3-30(36)37)32-4-1-6-40-8-10-42-12-14-44-16-18-46-20-22-48-24-25-49-23-21-47-19-17-45-15-13-43-11-9-41-7-5-33-29(35)26-50-27-31(38)39/h1-27H2,(H,32,34)(H,33,35)(H,36,37)(H,38,39). The lowest BCUT2D eigenvalue weighted by Crippen LogP contribution is -2.31. The van der Waals surface area contributed by atoms with Crippen molar-refractivity contribution < 1.29 is 81.5 Å². The Morgan fingerprint density at radius 2 is 0.680 bits per heavy atom. The number of hydrogen-bond donors (Lipinski definition) is 4. The van der Waals surface area contributed by atoms with Crippen LogP contribution in [0.25, 0.3) is 0 Å². The third kappa shape index (κ3) is 41.6. The number of carbonyl (C=O) groups excluding carboxylic acids is 2. The highest BCUT2D eigenvalue weighted by atomic mass is 16.6. The molecule has 0 unspecified atom stereocenters. The average molecular weight is 731 g/mol. The molecule has 0 aromatic heterocycles. The number of carboxylic acid groups (broad SMARTS) is 2. The monoisotopic (exact) mass is 730 g/mol. The van der Waals surface area contributed by atoms with Crippen molar-refractivity contribution in [1.82, 2.24) is 10.6 Å². The largest absolute Gasteiger partial charge is 0.481 e. The van der Waals surface area contributed by atoms with E-state index in [1.165, 1.54) is 0 Å². The van der Waals surface area contributed by atoms with E-state index in [9.17, 15) is 19.2 Å². The fraction of sp³-hybridized carbons (Fsp3) is 0.871. The molecule has 0 aliphatic heterocycles. The van der Waals surface area contributed by atoms with E-state index < -0.39 is 24.5 Å². The molecular weight excluding hydrogens is 672 g/mol. The summed E-state index contributed by atoms with van der Waals surface area (Å²) in [6.45, 7) is 8.66. The molecule has 2 amide bonds. The first-order chi connectivity index (χ1) is 24.4. The van der Waals surface area contributed by atoms with Gasteiger partial charge in [-0.25, -0.2) is 4.79 Å². The molecule has 0 radical (unpaired) electrons. The van der Waals surface area contributed by atoms with Crippen molar-refractivity contribution in [3.05, 3.63) is 0 Å². The Morgan fingerprint density at radius 1 is 0.340 bits per heavy atom. The molecule has 0 saturated carbocycles. The molecule has 0 atom stereocenters. The van der Waals surface area contributed by atoms with Gasteiger partial charge in [0, 0.05) is 26.1 Å². The Labute approximate surface area is 293 Å². The van der Waals surface area contributed by atoms with Crippen molar-refractivity contribution in [2.75, 3.05) is 158 Å². The summed E-state index contributed by atoms with van der Waals surface area (Å²) >= 11 is 0. The summed E-state index contributed by atoms with van der Waals surface area (Å²) in [6.07, 6.45) is 0.451. The Hall–Kier alpha value is -2.56. The summed E-state index contributed by atoms with van der Waals surface area (Å²) in [4.78, 5) is 43.4. The van der Waals surface area contributed by atoms with E-state index in [0.29, 0.717) is 152 Å². The maximum absolute atomic E-state index is 11.4. The minimum atomic E-state index is -1.13. The lowest BCUT2D eigenvalue weighted by molar-refractivity contribution is -0.143. The molecule has 19 nitrogen and oxygen atoms in total. The predicted molar refractivity (Wildman–Crippen MR) is 174 cm³/mol. The minimum absolute atomic E-state index is 0.0183. The van der Waals surface area contributed by atoms with E-state index >= 15 is 0 Å². The SMILES string of the molecule is O=C(O)CCC(=O)NCCCOCCOCCOCCOCCOCCOCCOCCOCCOCCOCCNC(=O)COCC(=O)O. The molecule has 0 spiro atoms. The zero-order valence-electron chi connectivity index (χ0n) is 29.1. The first-order valence-corrected chi connectivity index (χ1v) is 16.7. The second-order valence-corrected chi connectivity index (χ2v) is 9.96. The molecule has 0 bridgehead atoms. The Balaban J connectivity index is 3.12. The van der Waals surface area contributed by atoms with Crippen molar-refractivity contribution >= 4 is 23.8 Å². The van der Waals surface area contributed by atoms with E-state index in [-0.39, 0.29) is 25.4 Å². The molecular formula is C31H58N2O17. The highest BCUT2D eigenvalue weighted by molar-refractivity contribution is 5.80. The molecule has 0 saturated heterocycles. The second kappa shape index (κ2) is 39.2. The summed E-state index contributed by atoms with van der Waals surface area (Å²) in [5, 5.41) is 22.1. The minimum Gasteiger partial charge on any atom is -0.481 e. The molecule has 4 N–H and O–H groups in total. The zero-order valence-corrected chi connectivity index (χ0v) is 29.1. The third-order valence-electron chi connectivity index (χ3n) is 5.73. The van der Waals surface area contributed by atoms with Crippen molar-refractivity contribution in [1.29, 1.82) is 0 Å². The van der Waals surface area contributed by atoms with Crippen LogP contribution in [0.2, 0.25) is 0 Å². The number of hydrogen-bond acceptors (Lipinski definition) is 15. The van der Waals surface area contributed by atoms with Gasteiger partial charge in [-0.05, 0) is 6.42 Å². The fourth-order valence-corrected chi connectivity index (χ4v) is 3.34. The predicted octanol–water partition coefficient (Wildman–Crippen LogP) is -1.26. The van der Waals surface area contributed by atoms with E-state index in [2.05, 4.69) is 15.4 Å². The molecule has 0 aliphatic carbocycles. The third-order valence-corrected chi connectivity index (χ3v) is 5.73. The number of rotatable bonds is 41. The number of nitrogens with one attached hydrogen (secondary N) is 2. The van der Waals surface area contributed by atoms with Crippen molar-refractivity contribution in [2.45, 2.75) is 19.3 Å². The van der Waals surface area contributed by atoms with Gasteiger partial charge in [0.2, 0.25) is 11.8 Å². The molecule has 0 rings (SSSR count). The fourth-order valence-electron chi connectivity index (χ4n) is 3.34. The van der Waals surface area contributed by atoms with Crippen molar-refractivity contribution in [2.24, 2.45) is 0 Å². The van der Waals surface area contributed by atoms with Crippen LogP contribution in [0.15, 0.2) is 0 Å².